The number of amides is 1. The van der Waals surface area contributed by atoms with E-state index >= 15 is 0 Å². The average Bonchev–Trinajstić information content (AvgIpc) is 2.74. The molecular formula is C10H14N2O3S. The number of thiophene rings is 1. The molecule has 1 atom stereocenters. The first kappa shape index (κ1) is 11.4. The summed E-state index contributed by atoms with van der Waals surface area (Å²) in [6.45, 7) is 1.31. The summed E-state index contributed by atoms with van der Waals surface area (Å²) in [5.74, 6) is -0.116. The lowest BCUT2D eigenvalue weighted by atomic mass is 10.2. The fraction of sp³-hybridized carbons (Fsp3) is 0.500. The highest BCUT2D eigenvalue weighted by molar-refractivity contribution is 7.12. The number of morpholine rings is 1. The molecule has 0 bridgehead atoms. The van der Waals surface area contributed by atoms with Crippen molar-refractivity contribution in [2.45, 2.75) is 6.04 Å². The van der Waals surface area contributed by atoms with Gasteiger partial charge in [-0.1, -0.05) is 0 Å². The predicted octanol–water partition coefficient (Wildman–Crippen LogP) is 0.164. The summed E-state index contributed by atoms with van der Waals surface area (Å²) in [7, 11) is 0. The summed E-state index contributed by atoms with van der Waals surface area (Å²) in [6.07, 6.45) is 0. The van der Waals surface area contributed by atoms with Gasteiger partial charge in [-0.25, -0.2) is 0 Å². The van der Waals surface area contributed by atoms with Crippen molar-refractivity contribution in [1.29, 1.82) is 0 Å². The van der Waals surface area contributed by atoms with Gasteiger partial charge >= 0.3 is 0 Å². The minimum atomic E-state index is -0.261. The molecular weight excluding hydrogens is 228 g/mol. The predicted molar refractivity (Wildman–Crippen MR) is 61.5 cm³/mol. The molecule has 2 rings (SSSR count). The van der Waals surface area contributed by atoms with Crippen LogP contribution < -0.4 is 5.73 Å². The molecule has 2 heterocycles. The smallest absolute Gasteiger partial charge is 0.266 e. The van der Waals surface area contributed by atoms with Crippen LogP contribution in [0, 0.1) is 0 Å². The lowest BCUT2D eigenvalue weighted by Crippen LogP contribution is -2.50. The zero-order valence-corrected chi connectivity index (χ0v) is 9.57. The van der Waals surface area contributed by atoms with E-state index in [0.717, 1.165) is 0 Å². The van der Waals surface area contributed by atoms with Gasteiger partial charge in [0.1, 0.15) is 4.88 Å². The Morgan fingerprint density at radius 1 is 1.75 bits per heavy atom. The van der Waals surface area contributed by atoms with Crippen LogP contribution in [0.1, 0.15) is 9.67 Å². The number of aliphatic hydroxyl groups is 1. The number of hydrogen-bond acceptors (Lipinski definition) is 5. The third kappa shape index (κ3) is 2.04. The fourth-order valence-corrected chi connectivity index (χ4v) is 2.47. The van der Waals surface area contributed by atoms with Crippen LogP contribution in [0.4, 0.5) is 5.69 Å². The van der Waals surface area contributed by atoms with E-state index in [4.69, 9.17) is 10.5 Å². The van der Waals surface area contributed by atoms with Crippen molar-refractivity contribution in [2.24, 2.45) is 0 Å². The Hall–Kier alpha value is -1.11. The molecule has 1 amide bonds. The molecule has 1 aliphatic rings. The van der Waals surface area contributed by atoms with Crippen molar-refractivity contribution in [3.63, 3.8) is 0 Å². The van der Waals surface area contributed by atoms with E-state index in [0.29, 0.717) is 30.3 Å². The number of nitrogens with zero attached hydrogens (tertiary/aromatic N) is 1. The van der Waals surface area contributed by atoms with Gasteiger partial charge in [0.25, 0.3) is 5.91 Å². The molecule has 1 aromatic heterocycles. The second-order valence-electron chi connectivity index (χ2n) is 3.61. The van der Waals surface area contributed by atoms with Crippen LogP contribution in [0.25, 0.3) is 0 Å². The van der Waals surface area contributed by atoms with Crippen LogP contribution in [0.3, 0.4) is 0 Å². The third-order valence-electron chi connectivity index (χ3n) is 2.59. The standard InChI is InChI=1S/C10H14N2O3S/c11-8-1-4-16-9(8)10(14)12-2-3-15-6-7(12)5-13/h1,4,7,13H,2-3,5-6,11H2. The number of anilines is 1. The number of hydrogen-bond donors (Lipinski definition) is 2. The number of nitrogen functional groups attached to an aromatic ring is 1. The maximum atomic E-state index is 12.1. The van der Waals surface area contributed by atoms with E-state index in [2.05, 4.69) is 0 Å². The first-order valence-corrected chi connectivity index (χ1v) is 5.94. The van der Waals surface area contributed by atoms with Crippen LogP contribution in [0.5, 0.6) is 0 Å². The lowest BCUT2D eigenvalue weighted by molar-refractivity contribution is -0.0181. The molecule has 0 aromatic carbocycles. The van der Waals surface area contributed by atoms with E-state index in [1.165, 1.54) is 11.3 Å². The number of ether oxygens (including phenoxy) is 1. The minimum Gasteiger partial charge on any atom is -0.397 e. The molecule has 1 unspecified atom stereocenters. The van der Waals surface area contributed by atoms with Crippen molar-refractivity contribution in [3.8, 4) is 0 Å². The first-order valence-electron chi connectivity index (χ1n) is 5.06. The molecule has 0 radical (unpaired) electrons. The SMILES string of the molecule is Nc1ccsc1C(=O)N1CCOCC1CO. The largest absolute Gasteiger partial charge is 0.397 e. The normalized spacial score (nSPS) is 21.1. The first-order chi connectivity index (χ1) is 7.74. The molecule has 0 spiro atoms. The van der Waals surface area contributed by atoms with Gasteiger partial charge in [-0.05, 0) is 11.4 Å². The van der Waals surface area contributed by atoms with Crippen LogP contribution in [-0.4, -0.2) is 48.3 Å². The van der Waals surface area contributed by atoms with Gasteiger partial charge in [-0.3, -0.25) is 4.79 Å². The van der Waals surface area contributed by atoms with Crippen molar-refractivity contribution < 1.29 is 14.6 Å². The summed E-state index contributed by atoms with van der Waals surface area (Å²) in [6, 6.07) is 1.45. The van der Waals surface area contributed by atoms with Crippen LogP contribution >= 0.6 is 11.3 Å². The molecule has 6 heteroatoms. The Morgan fingerprint density at radius 2 is 2.56 bits per heavy atom. The summed E-state index contributed by atoms with van der Waals surface area (Å²) < 4.78 is 5.22. The Morgan fingerprint density at radius 3 is 3.19 bits per heavy atom. The summed E-state index contributed by atoms with van der Waals surface area (Å²) >= 11 is 1.33. The number of nitrogens with two attached hydrogens (primary N) is 1. The highest BCUT2D eigenvalue weighted by atomic mass is 32.1. The van der Waals surface area contributed by atoms with E-state index in [-0.39, 0.29) is 18.6 Å². The Kier molecular flexibility index (Phi) is 3.42. The van der Waals surface area contributed by atoms with E-state index < -0.39 is 0 Å². The quantitative estimate of drug-likeness (QED) is 0.775. The van der Waals surface area contributed by atoms with Gasteiger partial charge in [-0.15, -0.1) is 11.3 Å². The molecule has 3 N–H and O–H groups in total. The summed E-state index contributed by atoms with van der Waals surface area (Å²) in [5.41, 5.74) is 6.20. The van der Waals surface area contributed by atoms with Crippen LogP contribution in [0.2, 0.25) is 0 Å². The number of carbonyl (C=O) groups excluding carboxylic acids is 1. The fourth-order valence-electron chi connectivity index (χ4n) is 1.70. The molecule has 0 aliphatic carbocycles. The Labute approximate surface area is 97.4 Å². The molecule has 1 saturated heterocycles. The second-order valence-corrected chi connectivity index (χ2v) is 4.53. The van der Waals surface area contributed by atoms with Gasteiger partial charge in [0, 0.05) is 6.54 Å². The molecule has 88 valence electrons. The van der Waals surface area contributed by atoms with Crippen LogP contribution in [0.15, 0.2) is 11.4 Å². The van der Waals surface area contributed by atoms with Gasteiger partial charge in [0.05, 0.1) is 31.5 Å². The topological polar surface area (TPSA) is 75.8 Å². The van der Waals surface area contributed by atoms with Crippen molar-refractivity contribution in [3.05, 3.63) is 16.3 Å². The zero-order chi connectivity index (χ0) is 11.5. The number of aliphatic hydroxyl groups excluding tert-OH is 1. The Bertz CT molecular complexity index is 380. The van der Waals surface area contributed by atoms with Gasteiger partial charge < -0.3 is 20.5 Å². The minimum absolute atomic E-state index is 0.0863. The molecule has 16 heavy (non-hydrogen) atoms. The maximum Gasteiger partial charge on any atom is 0.266 e. The van der Waals surface area contributed by atoms with E-state index in [1.54, 1.807) is 16.3 Å². The highest BCUT2D eigenvalue weighted by Gasteiger charge is 2.28. The van der Waals surface area contributed by atoms with E-state index in [9.17, 15) is 9.90 Å². The third-order valence-corrected chi connectivity index (χ3v) is 3.51. The molecule has 1 aromatic rings. The highest BCUT2D eigenvalue weighted by Crippen LogP contribution is 2.22. The second kappa shape index (κ2) is 4.82. The van der Waals surface area contributed by atoms with Crippen molar-refractivity contribution in [1.82, 2.24) is 4.90 Å². The van der Waals surface area contributed by atoms with Crippen molar-refractivity contribution >= 4 is 22.9 Å². The van der Waals surface area contributed by atoms with Gasteiger partial charge in [-0.2, -0.15) is 0 Å². The molecule has 5 nitrogen and oxygen atoms in total. The molecule has 0 saturated carbocycles. The Balaban J connectivity index is 2.17. The van der Waals surface area contributed by atoms with Crippen LogP contribution in [-0.2, 0) is 4.74 Å². The monoisotopic (exact) mass is 242 g/mol. The zero-order valence-electron chi connectivity index (χ0n) is 8.76. The van der Waals surface area contributed by atoms with Crippen molar-refractivity contribution in [2.75, 3.05) is 32.1 Å². The van der Waals surface area contributed by atoms with Gasteiger partial charge in [0.2, 0.25) is 0 Å². The number of rotatable bonds is 2. The number of carbonyl (C=O) groups is 1. The van der Waals surface area contributed by atoms with Gasteiger partial charge in [0.15, 0.2) is 0 Å². The summed E-state index contributed by atoms with van der Waals surface area (Å²) in [5, 5.41) is 11.0. The average molecular weight is 242 g/mol. The summed E-state index contributed by atoms with van der Waals surface area (Å²) in [4.78, 5) is 14.3. The maximum absolute atomic E-state index is 12.1. The lowest BCUT2D eigenvalue weighted by Gasteiger charge is -2.34. The molecule has 1 aliphatic heterocycles. The molecule has 1 fully saturated rings. The van der Waals surface area contributed by atoms with E-state index in [1.807, 2.05) is 0 Å².